The maximum absolute atomic E-state index is 5.74. The van der Waals surface area contributed by atoms with E-state index in [4.69, 9.17) is 22.1 Å². The minimum absolute atomic E-state index is 0.271. The van der Waals surface area contributed by atoms with E-state index in [0.29, 0.717) is 16.6 Å². The molecule has 0 fully saturated rings. The van der Waals surface area contributed by atoms with Crippen LogP contribution in [0, 0.1) is 0 Å². The first-order valence-corrected chi connectivity index (χ1v) is 5.52. The predicted molar refractivity (Wildman–Crippen MR) is 65.7 cm³/mol. The first-order valence-electron chi connectivity index (χ1n) is 4.35. The van der Waals surface area contributed by atoms with E-state index in [9.17, 15) is 0 Å². The molecule has 0 aliphatic rings. The average Bonchev–Trinajstić information content (AvgIpc) is 2.24. The third-order valence-electron chi connectivity index (χ3n) is 1.75. The molecule has 2 aromatic heterocycles. The number of ether oxygens (including phenoxy) is 1. The number of hydrogen-bond acceptors (Lipinski definition) is 4. The molecule has 0 spiro atoms. The number of nitrogens with zero attached hydrogens (tertiary/aromatic N) is 2. The van der Waals surface area contributed by atoms with E-state index in [1.165, 1.54) is 0 Å². The van der Waals surface area contributed by atoms with Crippen LogP contribution >= 0.6 is 27.5 Å². The van der Waals surface area contributed by atoms with Crippen molar-refractivity contribution >= 4 is 33.2 Å². The molecule has 2 N–H and O–H groups in total. The van der Waals surface area contributed by atoms with Crippen LogP contribution in [-0.2, 0) is 0 Å². The van der Waals surface area contributed by atoms with Crippen molar-refractivity contribution in [1.29, 1.82) is 0 Å². The van der Waals surface area contributed by atoms with Crippen molar-refractivity contribution in [1.82, 2.24) is 9.97 Å². The summed E-state index contributed by atoms with van der Waals surface area (Å²) in [5, 5.41) is 0.326. The molecule has 0 atom stereocenters. The summed E-state index contributed by atoms with van der Waals surface area (Å²) in [4.78, 5) is 7.93. The minimum Gasteiger partial charge on any atom is -0.435 e. The molecule has 0 aliphatic carbocycles. The highest BCUT2D eigenvalue weighted by Crippen LogP contribution is 2.27. The number of anilines is 1. The van der Waals surface area contributed by atoms with E-state index in [2.05, 4.69) is 25.9 Å². The van der Waals surface area contributed by atoms with Crippen LogP contribution in [0.2, 0.25) is 5.15 Å². The van der Waals surface area contributed by atoms with Gasteiger partial charge in [-0.15, -0.1) is 0 Å². The summed E-state index contributed by atoms with van der Waals surface area (Å²) in [5.41, 5.74) is 6.12. The lowest BCUT2D eigenvalue weighted by molar-refractivity contribution is 0.463. The summed E-state index contributed by atoms with van der Waals surface area (Å²) in [6.45, 7) is 0. The Morgan fingerprint density at radius 1 is 1.31 bits per heavy atom. The molecule has 4 nitrogen and oxygen atoms in total. The van der Waals surface area contributed by atoms with Crippen LogP contribution in [0.1, 0.15) is 0 Å². The molecular formula is C10H7BrClN3O. The van der Waals surface area contributed by atoms with Crippen LogP contribution in [-0.4, -0.2) is 9.97 Å². The Bertz CT molecular complexity index is 521. The van der Waals surface area contributed by atoms with Crippen LogP contribution < -0.4 is 10.5 Å². The smallest absolute Gasteiger partial charge is 0.244 e. The number of nitrogen functional groups attached to an aromatic ring is 1. The predicted octanol–water partition coefficient (Wildman–Crippen LogP) is 3.27. The Labute approximate surface area is 106 Å². The summed E-state index contributed by atoms with van der Waals surface area (Å²) in [7, 11) is 0. The lowest BCUT2D eigenvalue weighted by Gasteiger charge is -2.06. The maximum Gasteiger partial charge on any atom is 0.244 e. The van der Waals surface area contributed by atoms with Gasteiger partial charge >= 0.3 is 0 Å². The Kier molecular flexibility index (Phi) is 3.26. The molecule has 0 bridgehead atoms. The first kappa shape index (κ1) is 11.2. The topological polar surface area (TPSA) is 61.0 Å². The molecule has 82 valence electrons. The Balaban J connectivity index is 2.30. The van der Waals surface area contributed by atoms with E-state index < -0.39 is 0 Å². The van der Waals surface area contributed by atoms with Gasteiger partial charge in [0.2, 0.25) is 5.88 Å². The average molecular weight is 301 g/mol. The minimum atomic E-state index is 0.271. The highest BCUT2D eigenvalue weighted by atomic mass is 79.9. The molecule has 0 saturated carbocycles. The summed E-state index contributed by atoms with van der Waals surface area (Å²) >= 11 is 9.03. The molecule has 2 aromatic rings. The number of pyridine rings is 2. The molecule has 0 saturated heterocycles. The van der Waals surface area contributed by atoms with E-state index in [0.717, 1.165) is 4.47 Å². The van der Waals surface area contributed by atoms with Crippen molar-refractivity contribution in [2.24, 2.45) is 0 Å². The molecule has 16 heavy (non-hydrogen) atoms. The van der Waals surface area contributed by atoms with Crippen molar-refractivity contribution in [3.05, 3.63) is 40.2 Å². The molecule has 0 amide bonds. The second kappa shape index (κ2) is 4.67. The van der Waals surface area contributed by atoms with Gasteiger partial charge in [0.1, 0.15) is 10.9 Å². The standard InChI is InChI=1S/C10H7BrClN3O/c11-6-3-7(5-14-4-6)16-10-8(13)1-2-9(12)15-10/h1-5H,13H2. The van der Waals surface area contributed by atoms with Crippen molar-refractivity contribution < 1.29 is 4.74 Å². The van der Waals surface area contributed by atoms with Crippen molar-refractivity contribution in [3.63, 3.8) is 0 Å². The molecule has 0 aliphatic heterocycles. The second-order valence-electron chi connectivity index (χ2n) is 2.97. The van der Waals surface area contributed by atoms with Gasteiger partial charge in [0.25, 0.3) is 0 Å². The molecule has 0 aromatic carbocycles. The Morgan fingerprint density at radius 2 is 2.12 bits per heavy atom. The van der Waals surface area contributed by atoms with E-state index in [-0.39, 0.29) is 5.88 Å². The van der Waals surface area contributed by atoms with Gasteiger partial charge in [0.15, 0.2) is 0 Å². The lowest BCUT2D eigenvalue weighted by Crippen LogP contribution is -1.95. The monoisotopic (exact) mass is 299 g/mol. The fourth-order valence-corrected chi connectivity index (χ4v) is 1.55. The molecule has 0 unspecified atom stereocenters. The highest BCUT2D eigenvalue weighted by molar-refractivity contribution is 9.10. The lowest BCUT2D eigenvalue weighted by atomic mass is 10.4. The molecule has 6 heteroatoms. The van der Waals surface area contributed by atoms with Crippen molar-refractivity contribution in [2.75, 3.05) is 5.73 Å². The fraction of sp³-hybridized carbons (Fsp3) is 0. The molecule has 0 radical (unpaired) electrons. The van der Waals surface area contributed by atoms with Crippen LogP contribution in [0.25, 0.3) is 0 Å². The van der Waals surface area contributed by atoms with Gasteiger partial charge in [-0.25, -0.2) is 0 Å². The van der Waals surface area contributed by atoms with E-state index in [1.54, 1.807) is 30.6 Å². The normalized spacial score (nSPS) is 10.1. The first-order chi connectivity index (χ1) is 7.65. The van der Waals surface area contributed by atoms with E-state index >= 15 is 0 Å². The van der Waals surface area contributed by atoms with E-state index in [1.807, 2.05) is 0 Å². The Hall–Kier alpha value is -1.33. The van der Waals surface area contributed by atoms with Gasteiger partial charge in [-0.05, 0) is 34.1 Å². The third-order valence-corrected chi connectivity index (χ3v) is 2.39. The fourth-order valence-electron chi connectivity index (χ4n) is 1.07. The van der Waals surface area contributed by atoms with Gasteiger partial charge in [-0.1, -0.05) is 11.6 Å². The summed E-state index contributed by atoms with van der Waals surface area (Å²) in [6.07, 6.45) is 3.22. The van der Waals surface area contributed by atoms with Gasteiger partial charge in [0, 0.05) is 10.7 Å². The molecule has 2 heterocycles. The zero-order valence-electron chi connectivity index (χ0n) is 8.02. The van der Waals surface area contributed by atoms with Crippen LogP contribution in [0.15, 0.2) is 35.1 Å². The molecular weight excluding hydrogens is 293 g/mol. The van der Waals surface area contributed by atoms with Crippen LogP contribution in [0.4, 0.5) is 5.69 Å². The second-order valence-corrected chi connectivity index (χ2v) is 4.27. The quantitative estimate of drug-likeness (QED) is 0.865. The van der Waals surface area contributed by atoms with Gasteiger partial charge < -0.3 is 10.5 Å². The van der Waals surface area contributed by atoms with Gasteiger partial charge in [-0.3, -0.25) is 4.98 Å². The number of hydrogen-bond donors (Lipinski definition) is 1. The van der Waals surface area contributed by atoms with Gasteiger partial charge in [0.05, 0.1) is 11.9 Å². The van der Waals surface area contributed by atoms with Crippen LogP contribution in [0.3, 0.4) is 0 Å². The SMILES string of the molecule is Nc1ccc(Cl)nc1Oc1cncc(Br)c1. The zero-order chi connectivity index (χ0) is 11.5. The van der Waals surface area contributed by atoms with Crippen molar-refractivity contribution in [3.8, 4) is 11.6 Å². The summed E-state index contributed by atoms with van der Waals surface area (Å²) < 4.78 is 6.27. The number of rotatable bonds is 2. The van der Waals surface area contributed by atoms with Crippen LogP contribution in [0.5, 0.6) is 11.6 Å². The summed E-state index contributed by atoms with van der Waals surface area (Å²) in [6, 6.07) is 4.99. The van der Waals surface area contributed by atoms with Crippen molar-refractivity contribution in [2.45, 2.75) is 0 Å². The van der Waals surface area contributed by atoms with Gasteiger partial charge in [-0.2, -0.15) is 4.98 Å². The zero-order valence-corrected chi connectivity index (χ0v) is 10.4. The number of aromatic nitrogens is 2. The number of halogens is 2. The maximum atomic E-state index is 5.74. The largest absolute Gasteiger partial charge is 0.435 e. The molecule has 2 rings (SSSR count). The Morgan fingerprint density at radius 3 is 2.88 bits per heavy atom. The third kappa shape index (κ3) is 2.62. The summed E-state index contributed by atoms with van der Waals surface area (Å²) in [5.74, 6) is 0.809. The highest BCUT2D eigenvalue weighted by Gasteiger charge is 2.05. The number of nitrogens with two attached hydrogens (primary N) is 1.